The summed E-state index contributed by atoms with van der Waals surface area (Å²) in [6, 6.07) is 8.58. The molecule has 2 N–H and O–H groups in total. The molecule has 2 aromatic rings. The van der Waals surface area contributed by atoms with Crippen molar-refractivity contribution in [3.05, 3.63) is 46.5 Å². The molecule has 1 aliphatic heterocycles. The van der Waals surface area contributed by atoms with Crippen molar-refractivity contribution in [3.8, 4) is 0 Å². The average molecular weight is 430 g/mol. The summed E-state index contributed by atoms with van der Waals surface area (Å²) < 4.78 is 0. The Bertz CT molecular complexity index is 859. The Hall–Kier alpha value is -2.29. The number of aromatic nitrogens is 1. The third kappa shape index (κ3) is 7.19. The van der Waals surface area contributed by atoms with E-state index in [1.807, 2.05) is 20.0 Å². The summed E-state index contributed by atoms with van der Waals surface area (Å²) in [5.74, 6) is 0.0129. The fourth-order valence-electron chi connectivity index (χ4n) is 3.51. The van der Waals surface area contributed by atoms with Gasteiger partial charge >= 0.3 is 0 Å². The zero-order valence-corrected chi connectivity index (χ0v) is 18.8. The predicted molar refractivity (Wildman–Crippen MR) is 121 cm³/mol. The molecule has 0 atom stereocenters. The van der Waals surface area contributed by atoms with Gasteiger partial charge in [-0.3, -0.25) is 19.4 Å². The van der Waals surface area contributed by atoms with Crippen LogP contribution in [0.1, 0.15) is 29.9 Å². The minimum atomic E-state index is -0.0440. The summed E-state index contributed by atoms with van der Waals surface area (Å²) in [6.45, 7) is 9.90. The number of hydrogen-bond donors (Lipinski definition) is 2. The summed E-state index contributed by atoms with van der Waals surface area (Å²) in [7, 11) is 0. The van der Waals surface area contributed by atoms with Crippen LogP contribution >= 0.6 is 11.3 Å². The first-order chi connectivity index (χ1) is 14.4. The van der Waals surface area contributed by atoms with Crippen molar-refractivity contribution in [2.45, 2.75) is 33.2 Å². The molecule has 3 rings (SSSR count). The van der Waals surface area contributed by atoms with Gasteiger partial charge in [0.25, 0.3) is 0 Å². The van der Waals surface area contributed by atoms with Gasteiger partial charge in [0.2, 0.25) is 11.8 Å². The first-order valence-electron chi connectivity index (χ1n) is 10.4. The van der Waals surface area contributed by atoms with Gasteiger partial charge in [0.05, 0.1) is 13.1 Å². The molecule has 0 bridgehead atoms. The second-order valence-corrected chi connectivity index (χ2v) is 9.24. The van der Waals surface area contributed by atoms with Crippen LogP contribution in [0.4, 0.5) is 5.13 Å². The first kappa shape index (κ1) is 22.4. The van der Waals surface area contributed by atoms with Crippen molar-refractivity contribution in [1.29, 1.82) is 0 Å². The normalized spacial score (nSPS) is 15.3. The maximum absolute atomic E-state index is 12.4. The molecule has 2 heterocycles. The first-order valence-corrected chi connectivity index (χ1v) is 11.2. The Morgan fingerprint density at radius 2 is 1.77 bits per heavy atom. The van der Waals surface area contributed by atoms with Gasteiger partial charge in [0, 0.05) is 49.7 Å². The number of piperazine rings is 1. The fraction of sp³-hybridized carbons (Fsp3) is 0.500. The third-order valence-electron chi connectivity index (χ3n) is 4.91. The zero-order valence-electron chi connectivity index (χ0n) is 18.0. The van der Waals surface area contributed by atoms with Crippen molar-refractivity contribution in [2.75, 3.05) is 44.6 Å². The lowest BCUT2D eigenvalue weighted by molar-refractivity contribution is -0.124. The van der Waals surface area contributed by atoms with Crippen LogP contribution < -0.4 is 10.6 Å². The number of amides is 2. The standard InChI is InChI=1S/C22H31N5O2S/c1-16(2)24-20(28)14-26-7-9-27(10-8-26)15-21(29)25-22-23-13-19(30-22)12-18-6-4-5-17(3)11-18/h4-6,11,13,16H,7-10,12,14-15H2,1-3H3,(H,24,28)(H,23,25,29). The molecule has 1 aliphatic rings. The number of nitrogens with zero attached hydrogens (tertiary/aromatic N) is 3. The second-order valence-electron chi connectivity index (χ2n) is 8.12. The highest BCUT2D eigenvalue weighted by Gasteiger charge is 2.21. The van der Waals surface area contributed by atoms with Crippen LogP contribution in [0.3, 0.4) is 0 Å². The Labute approximate surface area is 182 Å². The van der Waals surface area contributed by atoms with Crippen LogP contribution in [-0.2, 0) is 16.0 Å². The summed E-state index contributed by atoms with van der Waals surface area (Å²) in [4.78, 5) is 34.0. The van der Waals surface area contributed by atoms with Gasteiger partial charge < -0.3 is 10.6 Å². The minimum absolute atomic E-state index is 0.0440. The van der Waals surface area contributed by atoms with E-state index in [0.717, 1.165) is 37.5 Å². The number of hydrogen-bond acceptors (Lipinski definition) is 6. The quantitative estimate of drug-likeness (QED) is 0.672. The van der Waals surface area contributed by atoms with Crippen LogP contribution in [0.15, 0.2) is 30.5 Å². The molecule has 0 aliphatic carbocycles. The fourth-order valence-corrected chi connectivity index (χ4v) is 4.37. The molecule has 0 radical (unpaired) electrons. The number of aryl methyl sites for hydroxylation is 1. The average Bonchev–Trinajstić information content (AvgIpc) is 3.09. The van der Waals surface area contributed by atoms with Crippen LogP contribution in [-0.4, -0.2) is 71.9 Å². The van der Waals surface area contributed by atoms with E-state index in [1.54, 1.807) is 0 Å². The van der Waals surface area contributed by atoms with Crippen molar-refractivity contribution >= 4 is 28.3 Å². The number of anilines is 1. The molecule has 7 nitrogen and oxygen atoms in total. The van der Waals surface area contributed by atoms with Gasteiger partial charge in [-0.15, -0.1) is 11.3 Å². The van der Waals surface area contributed by atoms with Crippen LogP contribution in [0.5, 0.6) is 0 Å². The Morgan fingerprint density at radius 1 is 1.10 bits per heavy atom. The van der Waals surface area contributed by atoms with E-state index in [1.165, 1.54) is 22.5 Å². The zero-order chi connectivity index (χ0) is 21.5. The van der Waals surface area contributed by atoms with Crippen LogP contribution in [0.2, 0.25) is 0 Å². The molecule has 8 heteroatoms. The highest BCUT2D eigenvalue weighted by molar-refractivity contribution is 7.15. The maximum Gasteiger partial charge on any atom is 0.240 e. The molecule has 0 unspecified atom stereocenters. The molecule has 0 saturated carbocycles. The molecule has 1 aromatic carbocycles. The summed E-state index contributed by atoms with van der Waals surface area (Å²) >= 11 is 1.52. The number of carbonyl (C=O) groups is 2. The number of benzene rings is 1. The van der Waals surface area contributed by atoms with Crippen molar-refractivity contribution < 1.29 is 9.59 Å². The molecular weight excluding hydrogens is 398 g/mol. The van der Waals surface area contributed by atoms with E-state index >= 15 is 0 Å². The lowest BCUT2D eigenvalue weighted by Gasteiger charge is -2.33. The topological polar surface area (TPSA) is 77.6 Å². The van der Waals surface area contributed by atoms with E-state index in [9.17, 15) is 9.59 Å². The third-order valence-corrected chi connectivity index (χ3v) is 5.82. The summed E-state index contributed by atoms with van der Waals surface area (Å²) in [5, 5.41) is 6.48. The highest BCUT2D eigenvalue weighted by atomic mass is 32.1. The molecule has 30 heavy (non-hydrogen) atoms. The van der Waals surface area contributed by atoms with Gasteiger partial charge in [-0.2, -0.15) is 0 Å². The van der Waals surface area contributed by atoms with Crippen molar-refractivity contribution in [3.63, 3.8) is 0 Å². The largest absolute Gasteiger partial charge is 0.353 e. The van der Waals surface area contributed by atoms with Gasteiger partial charge in [-0.1, -0.05) is 29.8 Å². The number of thiazole rings is 1. The van der Waals surface area contributed by atoms with E-state index in [-0.39, 0.29) is 17.9 Å². The molecule has 0 spiro atoms. The Kier molecular flexibility index (Phi) is 7.95. The smallest absolute Gasteiger partial charge is 0.240 e. The van der Waals surface area contributed by atoms with Crippen LogP contribution in [0.25, 0.3) is 0 Å². The minimum Gasteiger partial charge on any atom is -0.353 e. The molecule has 1 aromatic heterocycles. The highest BCUT2D eigenvalue weighted by Crippen LogP contribution is 2.21. The molecular formula is C22H31N5O2S. The lowest BCUT2D eigenvalue weighted by Crippen LogP contribution is -2.51. The SMILES string of the molecule is Cc1cccc(Cc2cnc(NC(=O)CN3CCN(CC(=O)NC(C)C)CC3)s2)c1. The van der Waals surface area contributed by atoms with Crippen molar-refractivity contribution in [2.24, 2.45) is 0 Å². The second kappa shape index (κ2) is 10.7. The van der Waals surface area contributed by atoms with E-state index in [0.29, 0.717) is 18.2 Å². The van der Waals surface area contributed by atoms with Gasteiger partial charge in [-0.05, 0) is 26.3 Å². The Balaban J connectivity index is 1.40. The summed E-state index contributed by atoms with van der Waals surface area (Å²) in [5.41, 5.74) is 2.49. The predicted octanol–water partition coefficient (Wildman–Crippen LogP) is 2.12. The lowest BCUT2D eigenvalue weighted by atomic mass is 10.1. The molecule has 1 saturated heterocycles. The van der Waals surface area contributed by atoms with Gasteiger partial charge in [0.15, 0.2) is 5.13 Å². The van der Waals surface area contributed by atoms with Gasteiger partial charge in [-0.25, -0.2) is 4.98 Å². The number of nitrogens with one attached hydrogen (secondary N) is 2. The van der Waals surface area contributed by atoms with E-state index < -0.39 is 0 Å². The number of carbonyl (C=O) groups excluding carboxylic acids is 2. The Morgan fingerprint density at radius 3 is 2.40 bits per heavy atom. The van der Waals surface area contributed by atoms with Crippen LogP contribution in [0, 0.1) is 6.92 Å². The molecule has 2 amide bonds. The number of rotatable bonds is 8. The summed E-state index contributed by atoms with van der Waals surface area (Å²) in [6.07, 6.45) is 2.66. The molecule has 162 valence electrons. The molecule has 1 fully saturated rings. The monoisotopic (exact) mass is 429 g/mol. The van der Waals surface area contributed by atoms with Crippen molar-refractivity contribution in [1.82, 2.24) is 20.1 Å². The van der Waals surface area contributed by atoms with E-state index in [2.05, 4.69) is 56.6 Å². The van der Waals surface area contributed by atoms with E-state index in [4.69, 9.17) is 0 Å². The maximum atomic E-state index is 12.4. The van der Waals surface area contributed by atoms with Gasteiger partial charge in [0.1, 0.15) is 0 Å².